The van der Waals surface area contributed by atoms with E-state index in [2.05, 4.69) is 35.2 Å². The second-order valence-electron chi connectivity index (χ2n) is 4.95. The van der Waals surface area contributed by atoms with E-state index in [1.54, 1.807) is 0 Å². The molecule has 3 heteroatoms. The molecule has 3 nitrogen and oxygen atoms in total. The molecule has 1 heterocycles. The minimum absolute atomic E-state index is 0.0964. The average Bonchev–Trinajstić information content (AvgIpc) is 2.46. The van der Waals surface area contributed by atoms with Crippen LogP contribution in [0.5, 0.6) is 5.75 Å². The molecule has 0 atom stereocenters. The van der Waals surface area contributed by atoms with Crippen molar-refractivity contribution in [1.82, 2.24) is 0 Å². The van der Waals surface area contributed by atoms with Crippen molar-refractivity contribution in [1.29, 1.82) is 5.26 Å². The van der Waals surface area contributed by atoms with Crippen molar-refractivity contribution >= 4 is 5.69 Å². The first-order valence-electron chi connectivity index (χ1n) is 6.76. The fraction of sp³-hybridized carbons (Fsp3) is 0.235. The Morgan fingerprint density at radius 2 is 1.75 bits per heavy atom. The number of nitriles is 1. The molecule has 2 aromatic carbocycles. The Kier molecular flexibility index (Phi) is 3.56. The number of hydrogen-bond acceptors (Lipinski definition) is 3. The Morgan fingerprint density at radius 3 is 2.40 bits per heavy atom. The molecule has 1 fully saturated rings. The summed E-state index contributed by atoms with van der Waals surface area (Å²) in [6.07, 6.45) is 0. The molecule has 0 aromatic heterocycles. The molecule has 1 aliphatic heterocycles. The normalized spacial score (nSPS) is 14.4. The largest absolute Gasteiger partial charge is 0.479 e. The van der Waals surface area contributed by atoms with Crippen LogP contribution in [0.3, 0.4) is 0 Å². The molecule has 2 aromatic rings. The van der Waals surface area contributed by atoms with E-state index in [1.165, 1.54) is 11.3 Å². The minimum atomic E-state index is 0.0964. The van der Waals surface area contributed by atoms with Gasteiger partial charge in [-0.2, -0.15) is 5.26 Å². The fourth-order valence-corrected chi connectivity index (χ4v) is 2.49. The van der Waals surface area contributed by atoms with Crippen LogP contribution in [0.15, 0.2) is 54.6 Å². The first-order chi connectivity index (χ1) is 9.86. The summed E-state index contributed by atoms with van der Waals surface area (Å²) < 4.78 is 5.25. The molecule has 0 unspecified atom stereocenters. The third-order valence-electron chi connectivity index (χ3n) is 3.66. The van der Waals surface area contributed by atoms with Crippen molar-refractivity contribution in [3.8, 4) is 11.8 Å². The predicted molar refractivity (Wildman–Crippen MR) is 78.9 cm³/mol. The maximum atomic E-state index is 8.47. The standard InChI is InChI=1S/C17H16N2O/c18-10-11-20-17-8-6-16(7-9-17)19-12-15(13-19)14-4-2-1-3-5-14/h1-9,15H,11-13H2. The molecule has 0 saturated carbocycles. The first kappa shape index (κ1) is 12.6. The summed E-state index contributed by atoms with van der Waals surface area (Å²) in [4.78, 5) is 2.35. The summed E-state index contributed by atoms with van der Waals surface area (Å²) in [5.41, 5.74) is 2.62. The van der Waals surface area contributed by atoms with Gasteiger partial charge in [0.25, 0.3) is 0 Å². The van der Waals surface area contributed by atoms with Gasteiger partial charge in [0.2, 0.25) is 0 Å². The highest BCUT2D eigenvalue weighted by atomic mass is 16.5. The van der Waals surface area contributed by atoms with E-state index in [0.29, 0.717) is 5.92 Å². The Balaban J connectivity index is 1.58. The molecular formula is C17H16N2O. The molecule has 0 spiro atoms. The second-order valence-corrected chi connectivity index (χ2v) is 4.95. The zero-order chi connectivity index (χ0) is 13.8. The number of hydrogen-bond donors (Lipinski definition) is 0. The number of anilines is 1. The Bertz CT molecular complexity index is 595. The van der Waals surface area contributed by atoms with Gasteiger partial charge in [0.1, 0.15) is 11.8 Å². The van der Waals surface area contributed by atoms with Gasteiger partial charge in [-0.3, -0.25) is 0 Å². The van der Waals surface area contributed by atoms with Crippen LogP contribution < -0.4 is 9.64 Å². The van der Waals surface area contributed by atoms with Crippen LogP contribution in [-0.2, 0) is 0 Å². The van der Waals surface area contributed by atoms with E-state index in [-0.39, 0.29) is 6.61 Å². The van der Waals surface area contributed by atoms with Crippen molar-refractivity contribution in [3.05, 3.63) is 60.2 Å². The fourth-order valence-electron chi connectivity index (χ4n) is 2.49. The second kappa shape index (κ2) is 5.66. The van der Waals surface area contributed by atoms with Crippen molar-refractivity contribution in [3.63, 3.8) is 0 Å². The van der Waals surface area contributed by atoms with E-state index < -0.39 is 0 Å². The van der Waals surface area contributed by atoms with Gasteiger partial charge < -0.3 is 9.64 Å². The van der Waals surface area contributed by atoms with E-state index in [1.807, 2.05) is 30.3 Å². The molecule has 1 saturated heterocycles. The maximum Gasteiger partial charge on any atom is 0.174 e. The SMILES string of the molecule is N#CCOc1ccc(N2CC(c3ccccc3)C2)cc1. The number of benzene rings is 2. The smallest absolute Gasteiger partial charge is 0.174 e. The lowest BCUT2D eigenvalue weighted by Crippen LogP contribution is -2.44. The van der Waals surface area contributed by atoms with Gasteiger partial charge in [0, 0.05) is 24.7 Å². The molecular weight excluding hydrogens is 248 g/mol. The topological polar surface area (TPSA) is 36.3 Å². The summed E-state index contributed by atoms with van der Waals surface area (Å²) in [7, 11) is 0. The number of ether oxygens (including phenoxy) is 1. The van der Waals surface area contributed by atoms with Crippen LogP contribution in [0.4, 0.5) is 5.69 Å². The Morgan fingerprint density at radius 1 is 1.05 bits per heavy atom. The molecule has 1 aliphatic rings. The van der Waals surface area contributed by atoms with Crippen molar-refractivity contribution in [2.45, 2.75) is 5.92 Å². The molecule has 100 valence electrons. The molecule has 0 radical (unpaired) electrons. The van der Waals surface area contributed by atoms with Gasteiger partial charge in [0.05, 0.1) is 0 Å². The molecule has 20 heavy (non-hydrogen) atoms. The van der Waals surface area contributed by atoms with Crippen molar-refractivity contribution in [2.24, 2.45) is 0 Å². The van der Waals surface area contributed by atoms with Gasteiger partial charge in [-0.15, -0.1) is 0 Å². The summed E-state index contributed by atoms with van der Waals surface area (Å²) in [6, 6.07) is 20.5. The Labute approximate surface area is 119 Å². The maximum absolute atomic E-state index is 8.47. The highest BCUT2D eigenvalue weighted by molar-refractivity contribution is 5.52. The minimum Gasteiger partial charge on any atom is -0.479 e. The molecule has 0 N–H and O–H groups in total. The van der Waals surface area contributed by atoms with E-state index in [4.69, 9.17) is 10.00 Å². The van der Waals surface area contributed by atoms with Gasteiger partial charge in [0.15, 0.2) is 6.61 Å². The first-order valence-corrected chi connectivity index (χ1v) is 6.76. The molecule has 3 rings (SSSR count). The van der Waals surface area contributed by atoms with Crippen LogP contribution >= 0.6 is 0 Å². The van der Waals surface area contributed by atoms with Crippen LogP contribution in [0.1, 0.15) is 11.5 Å². The molecule has 0 aliphatic carbocycles. The van der Waals surface area contributed by atoms with E-state index in [0.717, 1.165) is 18.8 Å². The number of nitrogens with zero attached hydrogens (tertiary/aromatic N) is 2. The number of rotatable bonds is 4. The van der Waals surface area contributed by atoms with Gasteiger partial charge in [-0.1, -0.05) is 30.3 Å². The zero-order valence-corrected chi connectivity index (χ0v) is 11.2. The molecule has 0 amide bonds. The average molecular weight is 264 g/mol. The van der Waals surface area contributed by atoms with Crippen LogP contribution in [0.2, 0.25) is 0 Å². The predicted octanol–water partition coefficient (Wildman–Crippen LogP) is 3.19. The van der Waals surface area contributed by atoms with Gasteiger partial charge in [-0.05, 0) is 29.8 Å². The summed E-state index contributed by atoms with van der Waals surface area (Å²) in [5, 5.41) is 8.47. The summed E-state index contributed by atoms with van der Waals surface area (Å²) in [6.45, 7) is 2.21. The zero-order valence-electron chi connectivity index (χ0n) is 11.2. The van der Waals surface area contributed by atoms with Crippen LogP contribution in [-0.4, -0.2) is 19.7 Å². The van der Waals surface area contributed by atoms with Crippen molar-refractivity contribution in [2.75, 3.05) is 24.6 Å². The van der Waals surface area contributed by atoms with Crippen LogP contribution in [0.25, 0.3) is 0 Å². The van der Waals surface area contributed by atoms with E-state index in [9.17, 15) is 0 Å². The highest BCUT2D eigenvalue weighted by Crippen LogP contribution is 2.32. The highest BCUT2D eigenvalue weighted by Gasteiger charge is 2.27. The van der Waals surface area contributed by atoms with Gasteiger partial charge >= 0.3 is 0 Å². The third kappa shape index (κ3) is 2.60. The summed E-state index contributed by atoms with van der Waals surface area (Å²) >= 11 is 0. The van der Waals surface area contributed by atoms with E-state index >= 15 is 0 Å². The van der Waals surface area contributed by atoms with Crippen molar-refractivity contribution < 1.29 is 4.74 Å². The molecule has 0 bridgehead atoms. The monoisotopic (exact) mass is 264 g/mol. The quantitative estimate of drug-likeness (QED) is 0.851. The third-order valence-corrected chi connectivity index (χ3v) is 3.66. The Hall–Kier alpha value is -2.47. The van der Waals surface area contributed by atoms with Crippen LogP contribution in [0, 0.1) is 11.3 Å². The summed E-state index contributed by atoms with van der Waals surface area (Å²) in [5.74, 6) is 1.38. The van der Waals surface area contributed by atoms with Gasteiger partial charge in [-0.25, -0.2) is 0 Å². The lowest BCUT2D eigenvalue weighted by atomic mass is 9.91. The lowest BCUT2D eigenvalue weighted by Gasteiger charge is -2.41. The lowest BCUT2D eigenvalue weighted by molar-refractivity contribution is 0.368.